The van der Waals surface area contributed by atoms with Gasteiger partial charge in [0.25, 0.3) is 0 Å². The minimum atomic E-state index is 0.183. The van der Waals surface area contributed by atoms with Crippen molar-refractivity contribution in [2.75, 3.05) is 18.4 Å². The smallest absolute Gasteiger partial charge is 0.220 e. The number of halogens is 1. The highest BCUT2D eigenvalue weighted by Crippen LogP contribution is 2.25. The Hall–Kier alpha value is -1.10. The summed E-state index contributed by atoms with van der Waals surface area (Å²) in [6, 6.07) is 3.85. The van der Waals surface area contributed by atoms with E-state index in [0.717, 1.165) is 10.3 Å². The largest absolute Gasteiger partial charge is 0.368 e. The summed E-state index contributed by atoms with van der Waals surface area (Å²) in [5.74, 6) is 1.61. The highest BCUT2D eigenvalue weighted by Gasteiger charge is 2.16. The molecule has 2 N–H and O–H groups in total. The number of nitrogens with zero attached hydrogens (tertiary/aromatic N) is 1. The Morgan fingerprint density at radius 3 is 2.75 bits per heavy atom. The number of pyridine rings is 1. The number of hydrogen-bond donors (Lipinski definition) is 2. The Balaban J connectivity index is 1.58. The van der Waals surface area contributed by atoms with Crippen LogP contribution in [0, 0.1) is 5.92 Å². The predicted molar refractivity (Wildman–Crippen MR) is 84.6 cm³/mol. The zero-order valence-electron chi connectivity index (χ0n) is 11.7. The summed E-state index contributed by atoms with van der Waals surface area (Å²) in [6.45, 7) is 1.34. The average molecular weight is 340 g/mol. The zero-order valence-corrected chi connectivity index (χ0v) is 13.3. The van der Waals surface area contributed by atoms with Gasteiger partial charge in [0.15, 0.2) is 0 Å². The Bertz CT molecular complexity index is 416. The lowest BCUT2D eigenvalue weighted by Gasteiger charge is -2.20. The third-order valence-corrected chi connectivity index (χ3v) is 4.15. The quantitative estimate of drug-likeness (QED) is 0.781. The molecule has 5 heteroatoms. The predicted octanol–water partition coefficient (Wildman–Crippen LogP) is 3.34. The lowest BCUT2D eigenvalue weighted by molar-refractivity contribution is -0.122. The number of nitrogens with one attached hydrogen (secondary N) is 2. The molecule has 1 fully saturated rings. The van der Waals surface area contributed by atoms with Crippen LogP contribution in [0.5, 0.6) is 0 Å². The maximum Gasteiger partial charge on any atom is 0.220 e. The Kier molecular flexibility index (Phi) is 6.30. The van der Waals surface area contributed by atoms with Gasteiger partial charge in [-0.15, -0.1) is 0 Å². The Morgan fingerprint density at radius 2 is 2.05 bits per heavy atom. The second-order valence-corrected chi connectivity index (χ2v) is 6.26. The summed E-state index contributed by atoms with van der Waals surface area (Å²) in [7, 11) is 0. The van der Waals surface area contributed by atoms with Gasteiger partial charge in [0.2, 0.25) is 5.91 Å². The summed E-state index contributed by atoms with van der Waals surface area (Å²) < 4.78 is 0.962. The van der Waals surface area contributed by atoms with Crippen LogP contribution >= 0.6 is 15.9 Å². The molecule has 0 aliphatic heterocycles. The molecule has 0 spiro atoms. The molecule has 0 aromatic carbocycles. The van der Waals surface area contributed by atoms with Crippen molar-refractivity contribution in [3.05, 3.63) is 22.8 Å². The molecule has 110 valence electrons. The van der Waals surface area contributed by atoms with E-state index in [1.807, 2.05) is 12.1 Å². The molecule has 0 bridgehead atoms. The number of amides is 1. The molecule has 1 aliphatic rings. The lowest BCUT2D eigenvalue weighted by atomic mass is 9.87. The van der Waals surface area contributed by atoms with Crippen molar-refractivity contribution in [2.45, 2.75) is 38.5 Å². The number of aromatic nitrogens is 1. The minimum absolute atomic E-state index is 0.183. The molecule has 20 heavy (non-hydrogen) atoms. The minimum Gasteiger partial charge on any atom is -0.368 e. The number of anilines is 1. The van der Waals surface area contributed by atoms with Gasteiger partial charge in [-0.2, -0.15) is 0 Å². The van der Waals surface area contributed by atoms with Crippen LogP contribution in [-0.4, -0.2) is 24.0 Å². The number of carbonyl (C=O) groups excluding carboxylic acids is 1. The van der Waals surface area contributed by atoms with Gasteiger partial charge < -0.3 is 10.6 Å². The molecule has 0 atom stereocenters. The highest BCUT2D eigenvalue weighted by molar-refractivity contribution is 9.10. The maximum atomic E-state index is 11.8. The van der Waals surface area contributed by atoms with Gasteiger partial charge in [-0.05, 0) is 46.8 Å². The fourth-order valence-electron chi connectivity index (χ4n) is 2.60. The fourth-order valence-corrected chi connectivity index (χ4v) is 2.83. The van der Waals surface area contributed by atoms with E-state index in [0.29, 0.717) is 25.4 Å². The van der Waals surface area contributed by atoms with Crippen molar-refractivity contribution in [1.29, 1.82) is 0 Å². The third-order valence-electron chi connectivity index (χ3n) is 3.68. The summed E-state index contributed by atoms with van der Waals surface area (Å²) in [5, 5.41) is 6.16. The average Bonchev–Trinajstić information content (AvgIpc) is 2.46. The first kappa shape index (κ1) is 15.3. The van der Waals surface area contributed by atoms with Crippen LogP contribution < -0.4 is 10.6 Å². The van der Waals surface area contributed by atoms with E-state index in [1.54, 1.807) is 6.20 Å². The molecule has 2 rings (SSSR count). The SMILES string of the molecule is O=C(CC1CCCCC1)NCCNc1ccc(Br)cn1. The van der Waals surface area contributed by atoms with Gasteiger partial charge in [0.1, 0.15) is 5.82 Å². The van der Waals surface area contributed by atoms with E-state index >= 15 is 0 Å². The van der Waals surface area contributed by atoms with Gasteiger partial charge >= 0.3 is 0 Å². The number of hydrogen-bond acceptors (Lipinski definition) is 3. The molecule has 1 aromatic rings. The Morgan fingerprint density at radius 1 is 1.25 bits per heavy atom. The van der Waals surface area contributed by atoms with Crippen LogP contribution in [0.3, 0.4) is 0 Å². The van der Waals surface area contributed by atoms with Crippen LogP contribution in [0.25, 0.3) is 0 Å². The standard InChI is InChI=1S/C15H22BrN3O/c16-13-6-7-14(19-11-13)17-8-9-18-15(20)10-12-4-2-1-3-5-12/h6-7,11-12H,1-5,8-10H2,(H,17,19)(H,18,20). The first-order valence-electron chi connectivity index (χ1n) is 7.36. The number of rotatable bonds is 6. The molecule has 1 heterocycles. The van der Waals surface area contributed by atoms with Crippen molar-refractivity contribution in [1.82, 2.24) is 10.3 Å². The molecule has 0 unspecified atom stereocenters. The normalized spacial score (nSPS) is 15.8. The van der Waals surface area contributed by atoms with Gasteiger partial charge in [0.05, 0.1) is 0 Å². The molecule has 4 nitrogen and oxygen atoms in total. The molecule has 1 amide bonds. The van der Waals surface area contributed by atoms with Crippen molar-refractivity contribution in [2.24, 2.45) is 5.92 Å². The highest BCUT2D eigenvalue weighted by atomic mass is 79.9. The first-order valence-corrected chi connectivity index (χ1v) is 8.15. The molecule has 0 saturated heterocycles. The van der Waals surface area contributed by atoms with E-state index in [-0.39, 0.29) is 5.91 Å². The van der Waals surface area contributed by atoms with Crippen LogP contribution in [-0.2, 0) is 4.79 Å². The van der Waals surface area contributed by atoms with Gasteiger partial charge in [-0.25, -0.2) is 4.98 Å². The monoisotopic (exact) mass is 339 g/mol. The van der Waals surface area contributed by atoms with E-state index in [2.05, 4.69) is 31.5 Å². The van der Waals surface area contributed by atoms with Crippen molar-refractivity contribution in [3.63, 3.8) is 0 Å². The van der Waals surface area contributed by atoms with Crippen molar-refractivity contribution >= 4 is 27.7 Å². The molecule has 0 radical (unpaired) electrons. The topological polar surface area (TPSA) is 54.0 Å². The molecule has 1 aromatic heterocycles. The maximum absolute atomic E-state index is 11.8. The third kappa shape index (κ3) is 5.49. The molecular formula is C15H22BrN3O. The second kappa shape index (κ2) is 8.25. The summed E-state index contributed by atoms with van der Waals surface area (Å²) >= 11 is 3.35. The molecular weight excluding hydrogens is 318 g/mol. The first-order chi connectivity index (χ1) is 9.74. The van der Waals surface area contributed by atoms with Crippen LogP contribution in [0.4, 0.5) is 5.82 Å². The van der Waals surface area contributed by atoms with Crippen molar-refractivity contribution < 1.29 is 4.79 Å². The van der Waals surface area contributed by atoms with E-state index in [1.165, 1.54) is 32.1 Å². The van der Waals surface area contributed by atoms with Gasteiger partial charge in [-0.1, -0.05) is 19.3 Å². The van der Waals surface area contributed by atoms with Crippen LogP contribution in [0.15, 0.2) is 22.8 Å². The Labute approximate surface area is 128 Å². The van der Waals surface area contributed by atoms with Crippen LogP contribution in [0.2, 0.25) is 0 Å². The molecule has 1 saturated carbocycles. The summed E-state index contributed by atoms with van der Waals surface area (Å²) in [4.78, 5) is 16.0. The summed E-state index contributed by atoms with van der Waals surface area (Å²) in [5.41, 5.74) is 0. The summed E-state index contributed by atoms with van der Waals surface area (Å²) in [6.07, 6.45) is 8.79. The zero-order chi connectivity index (χ0) is 14.2. The second-order valence-electron chi connectivity index (χ2n) is 5.35. The van der Waals surface area contributed by atoms with Gasteiger partial charge in [0, 0.05) is 30.2 Å². The molecule has 1 aliphatic carbocycles. The van der Waals surface area contributed by atoms with Crippen LogP contribution in [0.1, 0.15) is 38.5 Å². The van der Waals surface area contributed by atoms with E-state index in [4.69, 9.17) is 0 Å². The van der Waals surface area contributed by atoms with Gasteiger partial charge in [-0.3, -0.25) is 4.79 Å². The lowest BCUT2D eigenvalue weighted by Crippen LogP contribution is -2.30. The van der Waals surface area contributed by atoms with E-state index < -0.39 is 0 Å². The van der Waals surface area contributed by atoms with Crippen molar-refractivity contribution in [3.8, 4) is 0 Å². The fraction of sp³-hybridized carbons (Fsp3) is 0.600. The number of carbonyl (C=O) groups is 1. The van der Waals surface area contributed by atoms with E-state index in [9.17, 15) is 4.79 Å².